The molecule has 1 amide bonds. The molecule has 1 aliphatic heterocycles. The molecule has 0 aromatic heterocycles. The predicted octanol–water partition coefficient (Wildman–Crippen LogP) is 1.88. The molecule has 0 bridgehead atoms. The van der Waals surface area contributed by atoms with Gasteiger partial charge in [-0.05, 0) is 38.7 Å². The number of carbonyl (C=O) groups excluding carboxylic acids is 1. The first-order chi connectivity index (χ1) is 9.56. The summed E-state index contributed by atoms with van der Waals surface area (Å²) in [4.78, 5) is 24.3. The summed E-state index contributed by atoms with van der Waals surface area (Å²) in [5, 5.41) is 8.96. The summed E-state index contributed by atoms with van der Waals surface area (Å²) in [5.41, 5.74) is 0. The highest BCUT2D eigenvalue weighted by atomic mass is 28.4. The van der Waals surface area contributed by atoms with Gasteiger partial charge in [0.2, 0.25) is 5.91 Å². The van der Waals surface area contributed by atoms with Gasteiger partial charge >= 0.3 is 14.5 Å². The largest absolute Gasteiger partial charge is 0.481 e. The Hall–Kier alpha value is -0.706. The van der Waals surface area contributed by atoms with Gasteiger partial charge in [-0.2, -0.15) is 0 Å². The summed E-state index contributed by atoms with van der Waals surface area (Å²) in [6.45, 7) is 9.35. The van der Waals surface area contributed by atoms with Gasteiger partial charge in [0.15, 0.2) is 8.32 Å². The van der Waals surface area contributed by atoms with E-state index in [1.54, 1.807) is 12.0 Å². The molecule has 0 radical (unpaired) electrons. The molecule has 0 aromatic rings. The van der Waals surface area contributed by atoms with Crippen LogP contribution in [0.25, 0.3) is 0 Å². The lowest BCUT2D eigenvalue weighted by Crippen LogP contribution is -2.46. The van der Waals surface area contributed by atoms with Crippen LogP contribution in [0.1, 0.15) is 12.8 Å². The van der Waals surface area contributed by atoms with Crippen LogP contribution >= 0.6 is 0 Å². The van der Waals surface area contributed by atoms with Crippen molar-refractivity contribution in [2.45, 2.75) is 45.1 Å². The second-order valence-corrected chi connectivity index (χ2v) is 14.7. The third-order valence-electron chi connectivity index (χ3n) is 3.78. The lowest BCUT2D eigenvalue weighted by atomic mass is 10.1. The molecule has 1 fully saturated rings. The summed E-state index contributed by atoms with van der Waals surface area (Å²) >= 11 is 0. The Labute approximate surface area is 128 Å². The summed E-state index contributed by atoms with van der Waals surface area (Å²) in [5.74, 6) is -1.47. The van der Waals surface area contributed by atoms with E-state index in [1.165, 1.54) is 0 Å². The predicted molar refractivity (Wildman–Crippen MR) is 84.8 cm³/mol. The van der Waals surface area contributed by atoms with Crippen molar-refractivity contribution in [1.82, 2.24) is 4.90 Å². The second kappa shape index (κ2) is 7.04. The highest BCUT2D eigenvalue weighted by Crippen LogP contribution is 2.22. The lowest BCUT2D eigenvalue weighted by molar-refractivity contribution is -0.141. The zero-order chi connectivity index (χ0) is 16.3. The minimum Gasteiger partial charge on any atom is -0.481 e. The van der Waals surface area contributed by atoms with Gasteiger partial charge < -0.3 is 18.5 Å². The smallest absolute Gasteiger partial charge is 0.321 e. The zero-order valence-electron chi connectivity index (χ0n) is 13.6. The van der Waals surface area contributed by atoms with Gasteiger partial charge in [0.1, 0.15) is 0 Å². The molecule has 1 unspecified atom stereocenters. The summed E-state index contributed by atoms with van der Waals surface area (Å²) in [7, 11) is -2.15. The Morgan fingerprint density at radius 2 is 2.00 bits per heavy atom. The Bertz CT molecular complexity index is 400. The molecule has 1 saturated heterocycles. The molecular formula is C13H27NO5Si2. The maximum absolute atomic E-state index is 11.7. The fourth-order valence-corrected chi connectivity index (χ4v) is 9.68. The number of aliphatic carboxylic acids is 1. The molecule has 0 spiro atoms. The highest BCUT2D eigenvalue weighted by Gasteiger charge is 2.36. The van der Waals surface area contributed by atoms with Gasteiger partial charge in [0.05, 0.1) is 5.92 Å². The molecular weight excluding hydrogens is 306 g/mol. The van der Waals surface area contributed by atoms with E-state index in [0.29, 0.717) is 13.1 Å². The maximum atomic E-state index is 11.7. The number of carboxylic acid groups (broad SMARTS) is 1. The van der Waals surface area contributed by atoms with Gasteiger partial charge in [-0.15, -0.1) is 0 Å². The van der Waals surface area contributed by atoms with Crippen molar-refractivity contribution in [3.63, 3.8) is 0 Å². The zero-order valence-corrected chi connectivity index (χ0v) is 15.6. The lowest BCUT2D eigenvalue weighted by Gasteiger charge is -2.32. The van der Waals surface area contributed by atoms with E-state index in [0.717, 1.165) is 12.5 Å². The number of nitrogens with zero attached hydrogens (tertiary/aromatic N) is 1. The standard InChI is InChI=1S/C13H27NO5Si2/c1-18-21(4,5)19-20(2,3)8-6-7-14-10-11(13(16)17)9-12(14)15/h11H,6-10H2,1-5H3,(H,16,17). The third-order valence-corrected chi connectivity index (χ3v) is 10.5. The van der Waals surface area contributed by atoms with Crippen molar-refractivity contribution in [3.05, 3.63) is 0 Å². The minimum atomic E-state index is -2.03. The molecule has 0 aromatic carbocycles. The number of hydrogen-bond acceptors (Lipinski definition) is 4. The topological polar surface area (TPSA) is 76.1 Å². The van der Waals surface area contributed by atoms with E-state index in [4.69, 9.17) is 13.6 Å². The van der Waals surface area contributed by atoms with Crippen LogP contribution in [0.5, 0.6) is 0 Å². The molecule has 1 rings (SSSR count). The van der Waals surface area contributed by atoms with Crippen LogP contribution in [0, 0.1) is 5.92 Å². The highest BCUT2D eigenvalue weighted by molar-refractivity contribution is 6.82. The number of rotatable bonds is 8. The number of carboxylic acids is 1. The summed E-state index contributed by atoms with van der Waals surface area (Å²) in [6, 6.07) is 0.939. The van der Waals surface area contributed by atoms with Crippen LogP contribution in [0.2, 0.25) is 32.2 Å². The first-order valence-electron chi connectivity index (χ1n) is 7.32. The second-order valence-electron chi connectivity index (χ2n) is 6.65. The fourth-order valence-electron chi connectivity index (χ4n) is 2.61. The van der Waals surface area contributed by atoms with Crippen LogP contribution in [-0.4, -0.2) is 59.0 Å². The van der Waals surface area contributed by atoms with Crippen LogP contribution in [0.15, 0.2) is 0 Å². The Kier molecular flexibility index (Phi) is 6.15. The Morgan fingerprint density at radius 1 is 1.38 bits per heavy atom. The fraction of sp³-hybridized carbons (Fsp3) is 0.846. The van der Waals surface area contributed by atoms with Crippen molar-refractivity contribution in [3.8, 4) is 0 Å². The van der Waals surface area contributed by atoms with Crippen molar-refractivity contribution in [2.75, 3.05) is 20.2 Å². The van der Waals surface area contributed by atoms with Gasteiger partial charge in [-0.1, -0.05) is 0 Å². The molecule has 122 valence electrons. The molecule has 1 atom stereocenters. The molecule has 8 heteroatoms. The van der Waals surface area contributed by atoms with E-state index < -0.39 is 28.8 Å². The van der Waals surface area contributed by atoms with Crippen molar-refractivity contribution in [1.29, 1.82) is 0 Å². The van der Waals surface area contributed by atoms with Crippen molar-refractivity contribution >= 4 is 28.8 Å². The van der Waals surface area contributed by atoms with E-state index in [9.17, 15) is 9.59 Å². The molecule has 1 N–H and O–H groups in total. The number of likely N-dealkylation sites (tertiary alicyclic amines) is 1. The quantitative estimate of drug-likeness (QED) is 0.686. The maximum Gasteiger partial charge on any atom is 0.321 e. The monoisotopic (exact) mass is 333 g/mol. The van der Waals surface area contributed by atoms with Gasteiger partial charge in [0, 0.05) is 26.6 Å². The first kappa shape index (κ1) is 18.3. The van der Waals surface area contributed by atoms with Crippen LogP contribution in [0.3, 0.4) is 0 Å². The van der Waals surface area contributed by atoms with Crippen molar-refractivity contribution in [2.24, 2.45) is 5.92 Å². The van der Waals surface area contributed by atoms with Crippen LogP contribution in [0.4, 0.5) is 0 Å². The molecule has 1 aliphatic rings. The van der Waals surface area contributed by atoms with Crippen molar-refractivity contribution < 1.29 is 23.2 Å². The van der Waals surface area contributed by atoms with Crippen LogP contribution in [-0.2, 0) is 18.1 Å². The van der Waals surface area contributed by atoms with E-state index >= 15 is 0 Å². The molecule has 0 aliphatic carbocycles. The minimum absolute atomic E-state index is 0.0469. The number of amides is 1. The third kappa shape index (κ3) is 5.89. The Morgan fingerprint density at radius 3 is 2.48 bits per heavy atom. The van der Waals surface area contributed by atoms with Gasteiger partial charge in [-0.3, -0.25) is 9.59 Å². The molecule has 1 heterocycles. The molecule has 21 heavy (non-hydrogen) atoms. The number of hydrogen-bond donors (Lipinski definition) is 1. The van der Waals surface area contributed by atoms with Gasteiger partial charge in [0.25, 0.3) is 0 Å². The van der Waals surface area contributed by atoms with E-state index in [1.807, 2.05) is 13.1 Å². The van der Waals surface area contributed by atoms with Gasteiger partial charge in [-0.25, -0.2) is 0 Å². The summed E-state index contributed by atoms with van der Waals surface area (Å²) in [6.07, 6.45) is 0.988. The van der Waals surface area contributed by atoms with E-state index in [2.05, 4.69) is 13.1 Å². The normalized spacial score (nSPS) is 20.1. The van der Waals surface area contributed by atoms with Crippen LogP contribution < -0.4 is 0 Å². The summed E-state index contributed by atoms with van der Waals surface area (Å²) < 4.78 is 11.6. The first-order valence-corrected chi connectivity index (χ1v) is 13.3. The average molecular weight is 334 g/mol. The molecule has 0 saturated carbocycles. The SMILES string of the molecule is CO[Si](C)(C)O[Si](C)(C)CCCN1CC(C(=O)O)CC1=O. The van der Waals surface area contributed by atoms with E-state index in [-0.39, 0.29) is 12.3 Å². The average Bonchev–Trinajstić information content (AvgIpc) is 2.70. The Balaban J connectivity index is 2.39. The number of carbonyl (C=O) groups is 2. The molecule has 6 nitrogen and oxygen atoms in total.